The summed E-state index contributed by atoms with van der Waals surface area (Å²) in [7, 11) is 5.68. The van der Waals surface area contributed by atoms with Crippen molar-refractivity contribution in [2.45, 2.75) is 24.4 Å². The summed E-state index contributed by atoms with van der Waals surface area (Å²) in [6.45, 7) is 7.04. The minimum Gasteiger partial charge on any atom is -0.374 e. The Balaban J connectivity index is 1.76. The average Bonchev–Trinajstić information content (AvgIpc) is 3.41. The molecule has 0 bridgehead atoms. The summed E-state index contributed by atoms with van der Waals surface area (Å²) in [5, 5.41) is 26.7. The van der Waals surface area contributed by atoms with Crippen LogP contribution in [0.15, 0.2) is 61.4 Å². The molecule has 7 nitrogen and oxygen atoms in total. The number of rotatable bonds is 7. The third-order valence-corrected chi connectivity index (χ3v) is 7.51. The van der Waals surface area contributed by atoms with Crippen LogP contribution in [0.4, 0.5) is 43.4 Å². The molecule has 44 heavy (non-hydrogen) atoms. The second kappa shape index (κ2) is 11.1. The molecular weight excluding hydrogens is 613 g/mol. The molecule has 0 aliphatic carbocycles. The van der Waals surface area contributed by atoms with Crippen molar-refractivity contribution in [2.75, 3.05) is 28.3 Å². The van der Waals surface area contributed by atoms with Crippen LogP contribution in [0, 0.1) is 11.6 Å². The lowest BCUT2D eigenvalue weighted by Gasteiger charge is -2.34. The average molecular weight is 635 g/mol. The van der Waals surface area contributed by atoms with Crippen LogP contribution >= 0.6 is 11.6 Å². The number of alkyl halides is 4. The van der Waals surface area contributed by atoms with Crippen LogP contribution in [0.5, 0.6) is 0 Å². The maximum absolute atomic E-state index is 14.4. The highest BCUT2D eigenvalue weighted by Gasteiger charge is 2.45. The predicted molar refractivity (Wildman–Crippen MR) is 154 cm³/mol. The molecule has 2 aliphatic rings. The van der Waals surface area contributed by atoms with Gasteiger partial charge in [-0.25, -0.2) is 8.78 Å². The molecule has 2 aliphatic heterocycles. The van der Waals surface area contributed by atoms with Gasteiger partial charge >= 0.3 is 6.18 Å². The second-order valence-corrected chi connectivity index (χ2v) is 10.5. The Morgan fingerprint density at radius 1 is 1.09 bits per heavy atom. The fourth-order valence-electron chi connectivity index (χ4n) is 5.39. The third-order valence-electron chi connectivity index (χ3n) is 7.16. The molecule has 3 aromatic rings. The summed E-state index contributed by atoms with van der Waals surface area (Å²) in [6, 6.07) is 5.12. The van der Waals surface area contributed by atoms with Crippen molar-refractivity contribution < 1.29 is 41.4 Å². The minimum atomic E-state index is -4.95. The quantitative estimate of drug-likeness (QED) is 0.150. The van der Waals surface area contributed by atoms with Crippen LogP contribution in [0.2, 0.25) is 5.02 Å². The summed E-state index contributed by atoms with van der Waals surface area (Å²) in [4.78, 5) is 15.6. The van der Waals surface area contributed by atoms with Crippen molar-refractivity contribution in [1.82, 2.24) is 5.32 Å². The van der Waals surface area contributed by atoms with E-state index in [2.05, 4.69) is 23.8 Å². The first-order chi connectivity index (χ1) is 20.5. The van der Waals surface area contributed by atoms with Gasteiger partial charge < -0.3 is 25.7 Å². The molecule has 5 rings (SSSR count). The maximum atomic E-state index is 14.4. The number of carbonyl (C=O) groups excluding carboxylic acids is 1. The van der Waals surface area contributed by atoms with E-state index >= 15 is 0 Å². The molecule has 228 valence electrons. The van der Waals surface area contributed by atoms with E-state index in [1.165, 1.54) is 17.0 Å². The van der Waals surface area contributed by atoms with Crippen LogP contribution in [-0.2, 0) is 6.18 Å². The summed E-state index contributed by atoms with van der Waals surface area (Å²) in [5.74, 6) is -6.25. The van der Waals surface area contributed by atoms with E-state index in [-0.39, 0.29) is 69.3 Å². The van der Waals surface area contributed by atoms with Crippen LogP contribution in [-0.4, -0.2) is 43.0 Å². The Hall–Kier alpha value is -4.14. The maximum Gasteiger partial charge on any atom is 0.416 e. The predicted octanol–water partition coefficient (Wildman–Crippen LogP) is 5.77. The zero-order chi connectivity index (χ0) is 32.3. The van der Waals surface area contributed by atoms with Crippen LogP contribution < -0.4 is 20.4 Å². The number of nitrogens with one attached hydrogen (secondary N) is 2. The summed E-state index contributed by atoms with van der Waals surface area (Å²) in [5.41, 5.74) is -1.42. The molecule has 1 atom stereocenters. The number of carbonyl (C=O) groups is 1. The van der Waals surface area contributed by atoms with Gasteiger partial charge in [0.15, 0.2) is 13.7 Å². The SMILES string of the molecule is [B]C(O)(O)N1C(=C)N(CCCF)c2cc(NC(=O)c3cc(F)cc(C(F)(F)F)c3)c3c(c21)C(=C)NC3c1cc(F)ccc1Cl. The molecule has 0 saturated carbocycles. The minimum absolute atomic E-state index is 0.0204. The Bertz CT molecular complexity index is 1710. The van der Waals surface area contributed by atoms with Crippen molar-refractivity contribution >= 4 is 48.1 Å². The Kier molecular flexibility index (Phi) is 7.89. The standard InChI is InChI=1S/C29H22BClF6N4O3/c1-13-23-24(25(38-13)19-11-17(33)4-5-20(19)31)21(39-27(42)15-8-16(28(35,36)37)10-18(34)9-15)12-22-26(23)41(29(30,43)44)14(2)40(22)7-3-6-32/h4-5,8-12,25,38,43-44H,1-3,6-7H2,(H,39,42). The lowest BCUT2D eigenvalue weighted by atomic mass is 9.92. The fourth-order valence-corrected chi connectivity index (χ4v) is 5.62. The van der Waals surface area contributed by atoms with E-state index in [4.69, 9.17) is 19.4 Å². The highest BCUT2D eigenvalue weighted by atomic mass is 35.5. The van der Waals surface area contributed by atoms with Gasteiger partial charge in [-0.1, -0.05) is 24.8 Å². The van der Waals surface area contributed by atoms with Crippen molar-refractivity contribution in [3.63, 3.8) is 0 Å². The highest BCUT2D eigenvalue weighted by Crippen LogP contribution is 2.55. The molecule has 2 heterocycles. The molecule has 0 spiro atoms. The molecule has 15 heteroatoms. The number of anilines is 3. The Morgan fingerprint density at radius 2 is 1.80 bits per heavy atom. The van der Waals surface area contributed by atoms with Gasteiger partial charge in [0.25, 0.3) is 5.91 Å². The van der Waals surface area contributed by atoms with E-state index in [0.29, 0.717) is 12.1 Å². The normalized spacial score (nSPS) is 16.2. The first-order valence-corrected chi connectivity index (χ1v) is 13.3. The second-order valence-electron chi connectivity index (χ2n) is 10.1. The highest BCUT2D eigenvalue weighted by molar-refractivity contribution is 6.31. The number of hydrogen-bond acceptors (Lipinski definition) is 6. The van der Waals surface area contributed by atoms with Crippen molar-refractivity contribution in [1.29, 1.82) is 0 Å². The zero-order valence-electron chi connectivity index (χ0n) is 22.6. The van der Waals surface area contributed by atoms with E-state index in [0.717, 1.165) is 17.0 Å². The van der Waals surface area contributed by atoms with Gasteiger partial charge in [0.1, 0.15) is 17.5 Å². The van der Waals surface area contributed by atoms with Gasteiger partial charge in [-0.2, -0.15) is 13.2 Å². The monoisotopic (exact) mass is 634 g/mol. The molecule has 4 N–H and O–H groups in total. The van der Waals surface area contributed by atoms with Crippen LogP contribution in [0.3, 0.4) is 0 Å². The molecule has 1 amide bonds. The smallest absolute Gasteiger partial charge is 0.374 e. The number of halogens is 7. The fraction of sp³-hybridized carbons (Fsp3) is 0.207. The Morgan fingerprint density at radius 3 is 2.43 bits per heavy atom. The van der Waals surface area contributed by atoms with Crippen molar-refractivity contribution in [3.05, 3.63) is 106 Å². The Labute approximate surface area is 253 Å². The van der Waals surface area contributed by atoms with Gasteiger partial charge in [0, 0.05) is 45.2 Å². The lowest BCUT2D eigenvalue weighted by Crippen LogP contribution is -2.49. The van der Waals surface area contributed by atoms with Gasteiger partial charge in [0.05, 0.1) is 29.7 Å². The number of hydrogen-bond donors (Lipinski definition) is 4. The number of amides is 1. The van der Waals surface area contributed by atoms with Gasteiger partial charge in [-0.05, 0) is 48.9 Å². The largest absolute Gasteiger partial charge is 0.416 e. The van der Waals surface area contributed by atoms with E-state index < -0.39 is 53.4 Å². The molecule has 1 unspecified atom stereocenters. The van der Waals surface area contributed by atoms with Crippen LogP contribution in [0.25, 0.3) is 5.70 Å². The first kappa shape index (κ1) is 31.3. The number of benzene rings is 3. The molecule has 0 aromatic heterocycles. The van der Waals surface area contributed by atoms with Crippen molar-refractivity contribution in [2.24, 2.45) is 0 Å². The van der Waals surface area contributed by atoms with E-state index in [1.54, 1.807) is 0 Å². The van der Waals surface area contributed by atoms with Gasteiger partial charge in [-0.15, -0.1) is 0 Å². The van der Waals surface area contributed by atoms with Gasteiger partial charge in [-0.3, -0.25) is 14.1 Å². The van der Waals surface area contributed by atoms with Gasteiger partial charge in [0.2, 0.25) is 0 Å². The zero-order valence-corrected chi connectivity index (χ0v) is 23.3. The summed E-state index contributed by atoms with van der Waals surface area (Å²) < 4.78 is 81.9. The summed E-state index contributed by atoms with van der Waals surface area (Å²) in [6.07, 6.45) is -4.99. The lowest BCUT2D eigenvalue weighted by molar-refractivity contribution is -0.137. The molecule has 0 saturated heterocycles. The molecule has 2 radical (unpaired) electrons. The van der Waals surface area contributed by atoms with Crippen LogP contribution in [0.1, 0.15) is 45.1 Å². The topological polar surface area (TPSA) is 88.1 Å². The first-order valence-electron chi connectivity index (χ1n) is 12.9. The number of nitrogens with zero attached hydrogens (tertiary/aromatic N) is 2. The summed E-state index contributed by atoms with van der Waals surface area (Å²) >= 11 is 6.40. The van der Waals surface area contributed by atoms with Crippen molar-refractivity contribution in [3.8, 4) is 0 Å². The molecule has 3 aromatic carbocycles. The third kappa shape index (κ3) is 5.48. The number of fused-ring (bicyclic) bond motifs is 3. The molecule has 0 fully saturated rings. The van der Waals surface area contributed by atoms with E-state index in [9.17, 15) is 41.4 Å². The molecular formula is C29H22BClF6N4O3. The number of aliphatic hydroxyl groups is 2. The van der Waals surface area contributed by atoms with E-state index in [1.807, 2.05) is 0 Å².